The van der Waals surface area contributed by atoms with Gasteiger partial charge in [-0.2, -0.15) is 0 Å². The third-order valence-corrected chi connectivity index (χ3v) is 4.97. The summed E-state index contributed by atoms with van der Waals surface area (Å²) in [6.07, 6.45) is 5.73. The maximum Gasteiger partial charge on any atom is 0.196 e. The van der Waals surface area contributed by atoms with Crippen molar-refractivity contribution in [2.75, 3.05) is 6.54 Å². The number of amidine groups is 1. The lowest BCUT2D eigenvalue weighted by Gasteiger charge is -2.34. The van der Waals surface area contributed by atoms with Crippen LogP contribution in [0.4, 0.5) is 0 Å². The fourth-order valence-corrected chi connectivity index (χ4v) is 3.69. The standard InChI is InChI=1S/C23H19N3O/c1-2-8-18(9-3-1)23-25-15-21-20-11-5-4-10-19(20)13-22(26(21)23)27-16-17-7-6-12-24-14-17/h1-14,21H,15-16H2. The van der Waals surface area contributed by atoms with Crippen LogP contribution in [0.2, 0.25) is 0 Å². The molecule has 1 atom stereocenters. The summed E-state index contributed by atoms with van der Waals surface area (Å²) in [5, 5.41) is 0. The summed E-state index contributed by atoms with van der Waals surface area (Å²) in [6, 6.07) is 22.9. The Morgan fingerprint density at radius 2 is 1.81 bits per heavy atom. The predicted molar refractivity (Wildman–Crippen MR) is 106 cm³/mol. The summed E-state index contributed by atoms with van der Waals surface area (Å²) in [7, 11) is 0. The second-order valence-electron chi connectivity index (χ2n) is 6.68. The highest BCUT2D eigenvalue weighted by atomic mass is 16.5. The van der Waals surface area contributed by atoms with Gasteiger partial charge in [0.2, 0.25) is 0 Å². The van der Waals surface area contributed by atoms with Crippen molar-refractivity contribution < 1.29 is 4.74 Å². The smallest absolute Gasteiger partial charge is 0.196 e. The summed E-state index contributed by atoms with van der Waals surface area (Å²) in [5.41, 5.74) is 4.65. The van der Waals surface area contributed by atoms with Crippen LogP contribution in [0.15, 0.2) is 90.0 Å². The minimum absolute atomic E-state index is 0.172. The van der Waals surface area contributed by atoms with E-state index in [4.69, 9.17) is 9.73 Å². The van der Waals surface area contributed by atoms with Gasteiger partial charge in [0, 0.05) is 29.6 Å². The number of ether oxygens (including phenoxy) is 1. The minimum Gasteiger partial charge on any atom is -0.474 e. The van der Waals surface area contributed by atoms with E-state index < -0.39 is 0 Å². The van der Waals surface area contributed by atoms with Gasteiger partial charge in [-0.3, -0.25) is 14.9 Å². The van der Waals surface area contributed by atoms with Gasteiger partial charge in [-0.15, -0.1) is 0 Å². The number of hydrogen-bond acceptors (Lipinski definition) is 4. The third-order valence-electron chi connectivity index (χ3n) is 4.97. The van der Waals surface area contributed by atoms with E-state index in [-0.39, 0.29) is 6.04 Å². The van der Waals surface area contributed by atoms with E-state index in [1.165, 1.54) is 11.1 Å². The molecule has 0 aliphatic carbocycles. The van der Waals surface area contributed by atoms with Gasteiger partial charge >= 0.3 is 0 Å². The second kappa shape index (κ2) is 6.72. The zero-order valence-electron chi connectivity index (χ0n) is 14.8. The molecule has 2 aromatic carbocycles. The first-order valence-electron chi connectivity index (χ1n) is 9.11. The molecule has 4 heteroatoms. The lowest BCUT2D eigenvalue weighted by Crippen LogP contribution is -2.34. The number of aliphatic imine (C=N–C) groups is 1. The Morgan fingerprint density at radius 1 is 0.963 bits per heavy atom. The zero-order valence-corrected chi connectivity index (χ0v) is 14.8. The molecule has 0 N–H and O–H groups in total. The molecule has 2 aliphatic rings. The van der Waals surface area contributed by atoms with Crippen molar-refractivity contribution in [1.29, 1.82) is 0 Å². The number of pyridine rings is 1. The first kappa shape index (κ1) is 15.8. The third kappa shape index (κ3) is 2.89. The van der Waals surface area contributed by atoms with Crippen LogP contribution in [-0.4, -0.2) is 22.3 Å². The van der Waals surface area contributed by atoms with Gasteiger partial charge in [0.05, 0.1) is 12.6 Å². The van der Waals surface area contributed by atoms with Crippen molar-refractivity contribution in [3.8, 4) is 0 Å². The maximum atomic E-state index is 6.26. The van der Waals surface area contributed by atoms with E-state index in [0.717, 1.165) is 29.4 Å². The molecule has 5 rings (SSSR count). The Hall–Kier alpha value is -3.40. The molecule has 1 unspecified atom stereocenters. The summed E-state index contributed by atoms with van der Waals surface area (Å²) in [6.45, 7) is 1.21. The van der Waals surface area contributed by atoms with E-state index in [0.29, 0.717) is 6.61 Å². The van der Waals surface area contributed by atoms with Gasteiger partial charge < -0.3 is 4.74 Å². The number of fused-ring (bicyclic) bond motifs is 3. The van der Waals surface area contributed by atoms with Crippen LogP contribution >= 0.6 is 0 Å². The molecule has 0 bridgehead atoms. The first-order chi connectivity index (χ1) is 13.4. The quantitative estimate of drug-likeness (QED) is 0.697. The van der Waals surface area contributed by atoms with E-state index in [9.17, 15) is 0 Å². The summed E-state index contributed by atoms with van der Waals surface area (Å²) in [5.74, 6) is 1.80. The van der Waals surface area contributed by atoms with Gasteiger partial charge in [-0.1, -0.05) is 60.7 Å². The van der Waals surface area contributed by atoms with Crippen LogP contribution in [0, 0.1) is 0 Å². The highest BCUT2D eigenvalue weighted by Gasteiger charge is 2.37. The van der Waals surface area contributed by atoms with Gasteiger partial charge in [-0.25, -0.2) is 0 Å². The lowest BCUT2D eigenvalue weighted by molar-refractivity contribution is 0.125. The highest BCUT2D eigenvalue weighted by molar-refractivity contribution is 6.02. The summed E-state index contributed by atoms with van der Waals surface area (Å²) >= 11 is 0. The number of aromatic nitrogens is 1. The van der Waals surface area contributed by atoms with Crippen LogP contribution in [-0.2, 0) is 11.3 Å². The molecule has 0 saturated carbocycles. The van der Waals surface area contributed by atoms with Gasteiger partial charge in [0.15, 0.2) is 5.88 Å². The molecule has 132 valence electrons. The molecular weight excluding hydrogens is 334 g/mol. The molecular formula is C23H19N3O. The van der Waals surface area contributed by atoms with Gasteiger partial charge in [-0.05, 0) is 17.2 Å². The van der Waals surface area contributed by atoms with Crippen molar-refractivity contribution in [2.45, 2.75) is 12.6 Å². The maximum absolute atomic E-state index is 6.26. The van der Waals surface area contributed by atoms with Crippen molar-refractivity contribution in [3.05, 3.63) is 107 Å². The van der Waals surface area contributed by atoms with Crippen LogP contribution in [0.5, 0.6) is 0 Å². The predicted octanol–water partition coefficient (Wildman–Crippen LogP) is 4.41. The second-order valence-corrected chi connectivity index (χ2v) is 6.68. The van der Waals surface area contributed by atoms with E-state index in [2.05, 4.69) is 52.4 Å². The number of nitrogens with zero attached hydrogens (tertiary/aromatic N) is 3. The van der Waals surface area contributed by atoms with E-state index in [1.807, 2.05) is 36.5 Å². The average Bonchev–Trinajstić information content (AvgIpc) is 3.19. The molecule has 27 heavy (non-hydrogen) atoms. The Balaban J connectivity index is 1.52. The van der Waals surface area contributed by atoms with E-state index in [1.54, 1.807) is 6.20 Å². The minimum atomic E-state index is 0.172. The normalized spacial score (nSPS) is 17.6. The van der Waals surface area contributed by atoms with Crippen LogP contribution in [0.1, 0.15) is 28.3 Å². The Labute approximate surface area is 158 Å². The molecule has 0 radical (unpaired) electrons. The van der Waals surface area contributed by atoms with Crippen molar-refractivity contribution in [3.63, 3.8) is 0 Å². The fraction of sp³-hybridized carbons (Fsp3) is 0.130. The molecule has 0 saturated heterocycles. The van der Waals surface area contributed by atoms with Crippen LogP contribution < -0.4 is 0 Å². The van der Waals surface area contributed by atoms with Gasteiger partial charge in [0.1, 0.15) is 12.4 Å². The summed E-state index contributed by atoms with van der Waals surface area (Å²) in [4.78, 5) is 11.3. The summed E-state index contributed by atoms with van der Waals surface area (Å²) < 4.78 is 6.26. The topological polar surface area (TPSA) is 37.7 Å². The van der Waals surface area contributed by atoms with Crippen molar-refractivity contribution in [1.82, 2.24) is 9.88 Å². The molecule has 4 nitrogen and oxygen atoms in total. The highest BCUT2D eigenvalue weighted by Crippen LogP contribution is 2.39. The SMILES string of the molecule is C1=C(OCc2cccnc2)N2C(c3ccccc3)=NCC2c2ccccc21. The zero-order chi connectivity index (χ0) is 18.1. The first-order valence-corrected chi connectivity index (χ1v) is 9.11. The van der Waals surface area contributed by atoms with E-state index >= 15 is 0 Å². The van der Waals surface area contributed by atoms with Crippen LogP contribution in [0.25, 0.3) is 6.08 Å². The number of hydrogen-bond donors (Lipinski definition) is 0. The Kier molecular flexibility index (Phi) is 3.94. The largest absolute Gasteiger partial charge is 0.474 e. The van der Waals surface area contributed by atoms with Gasteiger partial charge in [0.25, 0.3) is 0 Å². The molecule has 3 aromatic rings. The fourth-order valence-electron chi connectivity index (χ4n) is 3.69. The molecule has 0 spiro atoms. The molecule has 1 aromatic heterocycles. The number of benzene rings is 2. The lowest BCUT2D eigenvalue weighted by atomic mass is 9.96. The molecule has 0 amide bonds. The molecule has 3 heterocycles. The van der Waals surface area contributed by atoms with Crippen LogP contribution in [0.3, 0.4) is 0 Å². The molecule has 2 aliphatic heterocycles. The average molecular weight is 353 g/mol. The Bertz CT molecular complexity index is 1010. The molecule has 0 fully saturated rings. The Morgan fingerprint density at radius 3 is 2.67 bits per heavy atom. The van der Waals surface area contributed by atoms with Crippen molar-refractivity contribution in [2.24, 2.45) is 4.99 Å². The number of rotatable bonds is 4. The van der Waals surface area contributed by atoms with Crippen molar-refractivity contribution >= 4 is 11.9 Å². The monoisotopic (exact) mass is 353 g/mol.